The Bertz CT molecular complexity index is 976. The molecule has 2 heterocycles. The lowest BCUT2D eigenvalue weighted by Gasteiger charge is -2.18. The third-order valence-corrected chi connectivity index (χ3v) is 4.85. The number of para-hydroxylation sites is 2. The van der Waals surface area contributed by atoms with Gasteiger partial charge in [-0.05, 0) is 24.3 Å². The van der Waals surface area contributed by atoms with Crippen molar-refractivity contribution in [2.75, 3.05) is 18.6 Å². The smallest absolute Gasteiger partial charge is 0.227 e. The number of carbonyl (C=O) groups excluding carboxylic acids is 1. The van der Waals surface area contributed by atoms with Crippen LogP contribution in [0.3, 0.4) is 0 Å². The van der Waals surface area contributed by atoms with Crippen LogP contribution < -0.4 is 9.64 Å². The third-order valence-electron chi connectivity index (χ3n) is 4.85. The molecule has 132 valence electrons. The monoisotopic (exact) mass is 347 g/mol. The Balaban J connectivity index is 1.69. The van der Waals surface area contributed by atoms with E-state index in [1.807, 2.05) is 53.4 Å². The number of nitrogens with zero attached hydrogens (tertiary/aromatic N) is 3. The molecule has 0 unspecified atom stereocenters. The van der Waals surface area contributed by atoms with Crippen LogP contribution in [-0.4, -0.2) is 29.1 Å². The molecule has 1 atom stereocenters. The summed E-state index contributed by atoms with van der Waals surface area (Å²) in [6, 6.07) is 15.7. The Labute approximate surface area is 152 Å². The first kappa shape index (κ1) is 16.4. The second kappa shape index (κ2) is 6.67. The summed E-state index contributed by atoms with van der Waals surface area (Å²) in [7, 11) is 1.63. The van der Waals surface area contributed by atoms with Gasteiger partial charge in [-0.2, -0.15) is 0 Å². The van der Waals surface area contributed by atoms with Crippen LogP contribution in [0.4, 0.5) is 5.69 Å². The molecule has 4 rings (SSSR count). The molecule has 0 radical (unpaired) electrons. The summed E-state index contributed by atoms with van der Waals surface area (Å²) in [5.74, 6) is 1.86. The highest BCUT2D eigenvalue weighted by Gasteiger charge is 2.34. The molecule has 5 nitrogen and oxygen atoms in total. The molecule has 0 aliphatic carbocycles. The number of carbonyl (C=O) groups is 1. The van der Waals surface area contributed by atoms with Crippen LogP contribution in [0.15, 0.2) is 61.2 Å². The fraction of sp³-hybridized carbons (Fsp3) is 0.238. The van der Waals surface area contributed by atoms with Crippen molar-refractivity contribution in [1.82, 2.24) is 9.55 Å². The summed E-state index contributed by atoms with van der Waals surface area (Å²) in [6.07, 6.45) is 2.33. The number of methoxy groups -OCH3 is 1. The summed E-state index contributed by atoms with van der Waals surface area (Å²) in [6.45, 7) is 5.16. The van der Waals surface area contributed by atoms with Crippen molar-refractivity contribution in [3.63, 3.8) is 0 Å². The minimum Gasteiger partial charge on any atom is -0.497 e. The molecular weight excluding hydrogens is 326 g/mol. The SMILES string of the molecule is C=CCn1c([C@@H]2CC(=O)N(c3cccc(OC)c3)C2)nc2ccccc21. The van der Waals surface area contributed by atoms with Crippen LogP contribution in [-0.2, 0) is 11.3 Å². The molecular formula is C21H21N3O2. The quantitative estimate of drug-likeness (QED) is 0.661. The summed E-state index contributed by atoms with van der Waals surface area (Å²) in [5, 5.41) is 0. The van der Waals surface area contributed by atoms with Gasteiger partial charge in [0.1, 0.15) is 11.6 Å². The van der Waals surface area contributed by atoms with Crippen LogP contribution in [0.25, 0.3) is 11.0 Å². The molecule has 26 heavy (non-hydrogen) atoms. The van der Waals surface area contributed by atoms with Crippen molar-refractivity contribution in [3.8, 4) is 5.75 Å². The van der Waals surface area contributed by atoms with Gasteiger partial charge >= 0.3 is 0 Å². The highest BCUT2D eigenvalue weighted by atomic mass is 16.5. The average Bonchev–Trinajstić information content (AvgIpc) is 3.23. The highest BCUT2D eigenvalue weighted by Crippen LogP contribution is 2.34. The number of hydrogen-bond donors (Lipinski definition) is 0. The largest absolute Gasteiger partial charge is 0.497 e. The molecule has 1 aromatic heterocycles. The number of rotatable bonds is 5. The Morgan fingerprint density at radius 2 is 2.12 bits per heavy atom. The fourth-order valence-corrected chi connectivity index (χ4v) is 3.64. The van der Waals surface area contributed by atoms with E-state index in [9.17, 15) is 4.79 Å². The number of allylic oxidation sites excluding steroid dienone is 1. The predicted octanol–water partition coefficient (Wildman–Crippen LogP) is 3.75. The van der Waals surface area contributed by atoms with E-state index >= 15 is 0 Å². The molecule has 3 aromatic rings. The maximum Gasteiger partial charge on any atom is 0.227 e. The van der Waals surface area contributed by atoms with Crippen LogP contribution in [0.5, 0.6) is 5.75 Å². The van der Waals surface area contributed by atoms with Crippen molar-refractivity contribution in [2.45, 2.75) is 18.9 Å². The van der Waals surface area contributed by atoms with E-state index in [1.54, 1.807) is 7.11 Å². The van der Waals surface area contributed by atoms with E-state index in [-0.39, 0.29) is 11.8 Å². The maximum atomic E-state index is 12.7. The van der Waals surface area contributed by atoms with Gasteiger partial charge in [-0.3, -0.25) is 4.79 Å². The third kappa shape index (κ3) is 2.75. The Morgan fingerprint density at radius 3 is 2.92 bits per heavy atom. The first-order valence-electron chi connectivity index (χ1n) is 8.71. The molecule has 0 bridgehead atoms. The van der Waals surface area contributed by atoms with E-state index in [1.165, 1.54) is 0 Å². The van der Waals surface area contributed by atoms with E-state index in [0.29, 0.717) is 19.5 Å². The second-order valence-corrected chi connectivity index (χ2v) is 6.46. The minimum absolute atomic E-state index is 0.0565. The van der Waals surface area contributed by atoms with Crippen LogP contribution in [0.1, 0.15) is 18.2 Å². The van der Waals surface area contributed by atoms with Gasteiger partial charge in [0, 0.05) is 37.2 Å². The zero-order valence-electron chi connectivity index (χ0n) is 14.8. The number of ether oxygens (including phenoxy) is 1. The molecule has 1 fully saturated rings. The maximum absolute atomic E-state index is 12.7. The zero-order chi connectivity index (χ0) is 18.1. The van der Waals surface area contributed by atoms with E-state index in [0.717, 1.165) is 28.3 Å². The molecule has 1 aliphatic rings. The molecule has 0 saturated carbocycles. The van der Waals surface area contributed by atoms with E-state index in [2.05, 4.69) is 17.2 Å². The predicted molar refractivity (Wildman–Crippen MR) is 103 cm³/mol. The number of aromatic nitrogens is 2. The van der Waals surface area contributed by atoms with Crippen molar-refractivity contribution < 1.29 is 9.53 Å². The van der Waals surface area contributed by atoms with Gasteiger partial charge in [0.05, 0.1) is 18.1 Å². The lowest BCUT2D eigenvalue weighted by molar-refractivity contribution is -0.117. The highest BCUT2D eigenvalue weighted by molar-refractivity contribution is 5.96. The molecule has 0 spiro atoms. The van der Waals surface area contributed by atoms with E-state index in [4.69, 9.17) is 9.72 Å². The van der Waals surface area contributed by atoms with Gasteiger partial charge in [-0.15, -0.1) is 6.58 Å². The summed E-state index contributed by atoms with van der Waals surface area (Å²) in [5.41, 5.74) is 2.90. The number of amides is 1. The van der Waals surface area contributed by atoms with Crippen molar-refractivity contribution >= 4 is 22.6 Å². The number of anilines is 1. The normalized spacial score (nSPS) is 17.0. The van der Waals surface area contributed by atoms with Gasteiger partial charge in [-0.25, -0.2) is 4.98 Å². The number of imidazole rings is 1. The number of benzene rings is 2. The molecule has 0 N–H and O–H groups in total. The van der Waals surface area contributed by atoms with Crippen molar-refractivity contribution in [2.24, 2.45) is 0 Å². The molecule has 5 heteroatoms. The lowest BCUT2D eigenvalue weighted by atomic mass is 10.1. The van der Waals surface area contributed by atoms with Crippen LogP contribution in [0, 0.1) is 0 Å². The van der Waals surface area contributed by atoms with Gasteiger partial charge < -0.3 is 14.2 Å². The molecule has 1 amide bonds. The average molecular weight is 347 g/mol. The topological polar surface area (TPSA) is 47.4 Å². The Kier molecular flexibility index (Phi) is 4.21. The molecule has 1 aliphatic heterocycles. The standard InChI is InChI=1S/C21H21N3O2/c1-3-11-23-19-10-5-4-9-18(19)22-21(23)15-12-20(25)24(14-15)16-7-6-8-17(13-16)26-2/h3-10,13,15H,1,11-12,14H2,2H3/t15-/m1/s1. The Hall–Kier alpha value is -3.08. The fourth-order valence-electron chi connectivity index (χ4n) is 3.64. The van der Waals surface area contributed by atoms with Gasteiger partial charge in [0.25, 0.3) is 0 Å². The number of fused-ring (bicyclic) bond motifs is 1. The minimum atomic E-state index is 0.0565. The van der Waals surface area contributed by atoms with Crippen LogP contribution in [0.2, 0.25) is 0 Å². The molecule has 1 saturated heterocycles. The zero-order valence-corrected chi connectivity index (χ0v) is 14.8. The van der Waals surface area contributed by atoms with E-state index < -0.39 is 0 Å². The van der Waals surface area contributed by atoms with Gasteiger partial charge in [0.2, 0.25) is 5.91 Å². The summed E-state index contributed by atoms with van der Waals surface area (Å²) in [4.78, 5) is 19.3. The molecule has 2 aromatic carbocycles. The van der Waals surface area contributed by atoms with Gasteiger partial charge in [-0.1, -0.05) is 24.3 Å². The van der Waals surface area contributed by atoms with Crippen molar-refractivity contribution in [1.29, 1.82) is 0 Å². The van der Waals surface area contributed by atoms with Gasteiger partial charge in [0.15, 0.2) is 0 Å². The first-order valence-corrected chi connectivity index (χ1v) is 8.71. The van der Waals surface area contributed by atoms with Crippen molar-refractivity contribution in [3.05, 3.63) is 67.0 Å². The lowest BCUT2D eigenvalue weighted by Crippen LogP contribution is -2.24. The van der Waals surface area contributed by atoms with Crippen LogP contribution >= 0.6 is 0 Å². The Morgan fingerprint density at radius 1 is 1.27 bits per heavy atom. The summed E-state index contributed by atoms with van der Waals surface area (Å²) >= 11 is 0. The number of hydrogen-bond acceptors (Lipinski definition) is 3. The second-order valence-electron chi connectivity index (χ2n) is 6.46. The first-order chi connectivity index (χ1) is 12.7. The summed E-state index contributed by atoms with van der Waals surface area (Å²) < 4.78 is 7.45.